The average molecular weight is 461 g/mol. The minimum absolute atomic E-state index is 0.0579. The number of fused-ring (bicyclic) bond motifs is 2. The van der Waals surface area contributed by atoms with Gasteiger partial charge in [-0.25, -0.2) is 0 Å². The van der Waals surface area contributed by atoms with E-state index in [2.05, 4.69) is 9.18 Å². The van der Waals surface area contributed by atoms with Gasteiger partial charge in [-0.3, -0.25) is 4.99 Å². The Morgan fingerprint density at radius 1 is 1.03 bits per heavy atom. The van der Waals surface area contributed by atoms with E-state index in [1.54, 1.807) is 12.1 Å². The lowest BCUT2D eigenvalue weighted by molar-refractivity contribution is -0.0510. The van der Waals surface area contributed by atoms with Crippen LogP contribution in [0.5, 0.6) is 5.75 Å². The number of nitrogens with zero attached hydrogens (tertiary/aromatic N) is 1. The van der Waals surface area contributed by atoms with E-state index in [0.29, 0.717) is 5.71 Å². The van der Waals surface area contributed by atoms with Gasteiger partial charge in [-0.2, -0.15) is 21.6 Å². The molecule has 0 spiro atoms. The fraction of sp³-hybridized carbons (Fsp3) is 0.174. The highest BCUT2D eigenvalue weighted by Crippen LogP contribution is 2.36. The molecule has 1 atom stereocenters. The molecule has 1 heterocycles. The van der Waals surface area contributed by atoms with Crippen LogP contribution in [0, 0.1) is 0 Å². The predicted molar refractivity (Wildman–Crippen MR) is 116 cm³/mol. The van der Waals surface area contributed by atoms with Crippen LogP contribution in [-0.2, 0) is 14.3 Å². The maximum atomic E-state index is 12.8. The minimum atomic E-state index is -5.82. The molecule has 0 radical (unpaired) electrons. The Bertz CT molecular complexity index is 1330. The standard InChI is InChI=1S/C23H18F3NO4S/c1-15(18-11-6-8-16-7-2-3-9-19(16)18)27-14-17-13-22(31-32(28,29)23(24,25)26)20-10-4-5-12-21(20)30-17/h2-13,17H,14H2,1H3/b27-15+/t17-/m1/s1. The normalized spacial score (nSPS) is 16.8. The molecule has 0 saturated heterocycles. The zero-order valence-electron chi connectivity index (χ0n) is 16.8. The first kappa shape index (κ1) is 21.9. The summed E-state index contributed by atoms with van der Waals surface area (Å²) in [5.41, 5.74) is -3.80. The first-order valence-electron chi connectivity index (χ1n) is 9.63. The summed E-state index contributed by atoms with van der Waals surface area (Å²) in [5, 5.41) is 2.07. The summed E-state index contributed by atoms with van der Waals surface area (Å²) in [4.78, 5) is 4.54. The molecule has 1 aliphatic rings. The lowest BCUT2D eigenvalue weighted by atomic mass is 10.0. The zero-order chi connectivity index (χ0) is 22.9. The summed E-state index contributed by atoms with van der Waals surface area (Å²) >= 11 is 0. The summed E-state index contributed by atoms with van der Waals surface area (Å²) in [6.07, 6.45) is 0.388. The van der Waals surface area contributed by atoms with Gasteiger partial charge >= 0.3 is 15.6 Å². The van der Waals surface area contributed by atoms with Crippen LogP contribution in [-0.4, -0.2) is 32.3 Å². The van der Waals surface area contributed by atoms with Gasteiger partial charge in [0.05, 0.1) is 12.1 Å². The van der Waals surface area contributed by atoms with Crippen LogP contribution in [0.1, 0.15) is 18.1 Å². The van der Waals surface area contributed by atoms with Gasteiger partial charge < -0.3 is 8.92 Å². The van der Waals surface area contributed by atoms with Crippen molar-refractivity contribution >= 4 is 32.4 Å². The Labute approximate surface area is 182 Å². The van der Waals surface area contributed by atoms with Crippen molar-refractivity contribution in [2.24, 2.45) is 4.99 Å². The molecular weight excluding hydrogens is 443 g/mol. The van der Waals surface area contributed by atoms with Crippen LogP contribution in [0.15, 0.2) is 77.8 Å². The second-order valence-electron chi connectivity index (χ2n) is 7.12. The molecule has 0 bridgehead atoms. The summed E-state index contributed by atoms with van der Waals surface area (Å²) in [7, 11) is -5.82. The SMILES string of the molecule is C/C(=N\C[C@H]1C=C(OS(=O)(=O)C(F)(F)F)c2ccccc2O1)c1cccc2ccccc12. The number of alkyl halides is 3. The van der Waals surface area contributed by atoms with E-state index in [1.807, 2.05) is 49.4 Å². The Morgan fingerprint density at radius 3 is 2.50 bits per heavy atom. The number of hydrogen-bond acceptors (Lipinski definition) is 5. The summed E-state index contributed by atoms with van der Waals surface area (Å²) in [6.45, 7) is 1.89. The average Bonchev–Trinajstić information content (AvgIpc) is 2.76. The second kappa shape index (κ2) is 8.31. The number of ether oxygens (including phenoxy) is 1. The number of hydrogen-bond donors (Lipinski definition) is 0. The molecule has 0 aliphatic carbocycles. The lowest BCUT2D eigenvalue weighted by Crippen LogP contribution is -2.28. The Balaban J connectivity index is 1.64. The maximum Gasteiger partial charge on any atom is 0.534 e. The van der Waals surface area contributed by atoms with E-state index in [4.69, 9.17) is 4.74 Å². The molecule has 4 rings (SSSR count). The Kier molecular flexibility index (Phi) is 5.68. The zero-order valence-corrected chi connectivity index (χ0v) is 17.7. The molecule has 3 aromatic carbocycles. The molecule has 0 fully saturated rings. The van der Waals surface area contributed by atoms with Gasteiger partial charge in [0, 0.05) is 17.4 Å². The molecular formula is C23H18F3NO4S. The van der Waals surface area contributed by atoms with E-state index in [9.17, 15) is 21.6 Å². The van der Waals surface area contributed by atoms with Crippen molar-refractivity contribution in [2.75, 3.05) is 6.54 Å². The van der Waals surface area contributed by atoms with E-state index in [-0.39, 0.29) is 17.9 Å². The van der Waals surface area contributed by atoms with Crippen molar-refractivity contribution in [1.82, 2.24) is 0 Å². The van der Waals surface area contributed by atoms with Gasteiger partial charge in [0.25, 0.3) is 0 Å². The molecule has 3 aromatic rings. The molecule has 0 amide bonds. The van der Waals surface area contributed by atoms with Crippen LogP contribution >= 0.6 is 0 Å². The van der Waals surface area contributed by atoms with Crippen LogP contribution in [0.25, 0.3) is 16.5 Å². The fourth-order valence-electron chi connectivity index (χ4n) is 3.41. The van der Waals surface area contributed by atoms with Gasteiger partial charge in [0.2, 0.25) is 0 Å². The molecule has 5 nitrogen and oxygen atoms in total. The minimum Gasteiger partial charge on any atom is -0.483 e. The van der Waals surface area contributed by atoms with E-state index in [0.717, 1.165) is 16.3 Å². The Hall–Kier alpha value is -3.33. The van der Waals surface area contributed by atoms with Crippen molar-refractivity contribution in [3.05, 3.63) is 83.9 Å². The van der Waals surface area contributed by atoms with Gasteiger partial charge in [-0.05, 0) is 29.8 Å². The highest BCUT2D eigenvalue weighted by Gasteiger charge is 2.49. The topological polar surface area (TPSA) is 65.0 Å². The molecule has 1 aliphatic heterocycles. The molecule has 0 N–H and O–H groups in total. The Morgan fingerprint density at radius 2 is 1.72 bits per heavy atom. The number of aliphatic imine (C=N–C) groups is 1. The quantitative estimate of drug-likeness (QED) is 0.293. The molecule has 0 unspecified atom stereocenters. The van der Waals surface area contributed by atoms with E-state index < -0.39 is 27.5 Å². The van der Waals surface area contributed by atoms with Crippen molar-refractivity contribution in [1.29, 1.82) is 0 Å². The smallest absolute Gasteiger partial charge is 0.483 e. The third-order valence-electron chi connectivity index (χ3n) is 4.94. The second-order valence-corrected chi connectivity index (χ2v) is 8.66. The fourth-order valence-corrected chi connectivity index (χ4v) is 3.89. The van der Waals surface area contributed by atoms with Crippen molar-refractivity contribution < 1.29 is 30.5 Å². The maximum absolute atomic E-state index is 12.8. The number of para-hydroxylation sites is 1. The number of rotatable bonds is 5. The number of halogens is 3. The monoisotopic (exact) mass is 461 g/mol. The van der Waals surface area contributed by atoms with Crippen LogP contribution in [0.4, 0.5) is 13.2 Å². The highest BCUT2D eigenvalue weighted by molar-refractivity contribution is 7.87. The molecule has 9 heteroatoms. The molecule has 166 valence electrons. The van der Waals surface area contributed by atoms with Gasteiger partial charge in [0.15, 0.2) is 5.76 Å². The van der Waals surface area contributed by atoms with E-state index in [1.165, 1.54) is 18.2 Å². The summed E-state index contributed by atoms with van der Waals surface area (Å²) in [5.74, 6) is -0.224. The predicted octanol–water partition coefficient (Wildman–Crippen LogP) is 5.32. The molecule has 32 heavy (non-hydrogen) atoms. The van der Waals surface area contributed by atoms with Gasteiger partial charge in [0.1, 0.15) is 11.9 Å². The summed E-state index contributed by atoms with van der Waals surface area (Å²) < 4.78 is 71.8. The van der Waals surface area contributed by atoms with Crippen molar-refractivity contribution in [3.63, 3.8) is 0 Å². The molecule has 0 saturated carbocycles. The van der Waals surface area contributed by atoms with Gasteiger partial charge in [-0.1, -0.05) is 54.6 Å². The van der Waals surface area contributed by atoms with E-state index >= 15 is 0 Å². The van der Waals surface area contributed by atoms with Crippen LogP contribution < -0.4 is 4.74 Å². The largest absolute Gasteiger partial charge is 0.534 e. The van der Waals surface area contributed by atoms with Crippen LogP contribution in [0.2, 0.25) is 0 Å². The summed E-state index contributed by atoms with van der Waals surface area (Å²) in [6, 6.07) is 19.8. The van der Waals surface area contributed by atoms with Gasteiger partial charge in [-0.15, -0.1) is 0 Å². The van der Waals surface area contributed by atoms with Crippen molar-refractivity contribution in [3.8, 4) is 5.75 Å². The number of benzene rings is 3. The molecule has 0 aromatic heterocycles. The lowest BCUT2D eigenvalue weighted by Gasteiger charge is -2.24. The van der Waals surface area contributed by atoms with Crippen LogP contribution in [0.3, 0.4) is 0 Å². The third kappa shape index (κ3) is 4.34. The first-order valence-corrected chi connectivity index (χ1v) is 11.0. The first-order chi connectivity index (χ1) is 15.2. The van der Waals surface area contributed by atoms with Crippen molar-refractivity contribution in [2.45, 2.75) is 18.5 Å². The third-order valence-corrected chi connectivity index (χ3v) is 5.90. The highest BCUT2D eigenvalue weighted by atomic mass is 32.2.